The Morgan fingerprint density at radius 3 is 3.08 bits per heavy atom. The molecule has 1 aliphatic rings. The number of benzene rings is 1. The predicted molar refractivity (Wildman–Crippen MR) is 96.1 cm³/mol. The fourth-order valence-electron chi connectivity index (χ4n) is 3.32. The zero-order chi connectivity index (χ0) is 16.4. The van der Waals surface area contributed by atoms with E-state index in [2.05, 4.69) is 15.6 Å². The molecule has 0 radical (unpaired) electrons. The van der Waals surface area contributed by atoms with E-state index in [9.17, 15) is 0 Å². The van der Waals surface area contributed by atoms with Crippen molar-refractivity contribution in [1.82, 2.24) is 14.5 Å². The number of para-hydroxylation sites is 1. The molecule has 2 aromatic heterocycles. The molecule has 1 atom stereocenters. The van der Waals surface area contributed by atoms with Gasteiger partial charge in [0.05, 0.1) is 10.5 Å². The number of hydrogen-bond acceptors (Lipinski definition) is 3. The van der Waals surface area contributed by atoms with Crippen LogP contribution in [0.25, 0.3) is 22.4 Å². The molecule has 5 heteroatoms. The molecule has 1 unspecified atom stereocenters. The molecule has 1 aliphatic heterocycles. The van der Waals surface area contributed by atoms with Crippen molar-refractivity contribution < 1.29 is 4.74 Å². The minimum Gasteiger partial charge on any atom is -0.381 e. The summed E-state index contributed by atoms with van der Waals surface area (Å²) in [4.78, 5) is 9.23. The first-order valence-corrected chi connectivity index (χ1v) is 8.83. The van der Waals surface area contributed by atoms with Crippen molar-refractivity contribution in [2.24, 2.45) is 5.92 Å². The van der Waals surface area contributed by atoms with Gasteiger partial charge in [-0.15, -0.1) is 0 Å². The fourth-order valence-corrected chi connectivity index (χ4v) is 3.54. The minimum atomic E-state index is 0.675. The van der Waals surface area contributed by atoms with Crippen LogP contribution in [-0.4, -0.2) is 27.7 Å². The third kappa shape index (κ3) is 3.17. The third-order valence-corrected chi connectivity index (χ3v) is 4.96. The van der Waals surface area contributed by atoms with Crippen LogP contribution >= 0.6 is 11.6 Å². The smallest absolute Gasteiger partial charge is 0.158 e. The van der Waals surface area contributed by atoms with Crippen LogP contribution in [0.4, 0.5) is 0 Å². The average molecular weight is 342 g/mol. The molecule has 0 amide bonds. The van der Waals surface area contributed by atoms with Gasteiger partial charge in [-0.25, -0.2) is 9.97 Å². The number of nitrogens with zero attached hydrogens (tertiary/aromatic N) is 3. The molecule has 3 aromatic rings. The Morgan fingerprint density at radius 1 is 1.25 bits per heavy atom. The molecule has 0 bridgehead atoms. The van der Waals surface area contributed by atoms with Crippen molar-refractivity contribution in [3.63, 3.8) is 0 Å². The molecule has 4 rings (SSSR count). The lowest BCUT2D eigenvalue weighted by Crippen LogP contribution is -2.05. The molecule has 3 heterocycles. The summed E-state index contributed by atoms with van der Waals surface area (Å²) >= 11 is 6.28. The molecule has 4 nitrogen and oxygen atoms in total. The van der Waals surface area contributed by atoms with Crippen LogP contribution < -0.4 is 0 Å². The molecule has 1 aromatic carbocycles. The van der Waals surface area contributed by atoms with E-state index in [1.165, 1.54) is 12.8 Å². The Morgan fingerprint density at radius 2 is 2.21 bits per heavy atom. The van der Waals surface area contributed by atoms with E-state index in [-0.39, 0.29) is 0 Å². The number of pyridine rings is 1. The topological polar surface area (TPSA) is 39.9 Å². The highest BCUT2D eigenvalue weighted by atomic mass is 35.5. The summed E-state index contributed by atoms with van der Waals surface area (Å²) in [6, 6.07) is 9.91. The lowest BCUT2D eigenvalue weighted by molar-refractivity contribution is 0.183. The van der Waals surface area contributed by atoms with Gasteiger partial charge in [-0.3, -0.25) is 0 Å². The van der Waals surface area contributed by atoms with Gasteiger partial charge in [0, 0.05) is 37.5 Å². The van der Waals surface area contributed by atoms with Gasteiger partial charge in [-0.2, -0.15) is 0 Å². The number of rotatable bonds is 5. The summed E-state index contributed by atoms with van der Waals surface area (Å²) in [5.74, 6) is 1.62. The van der Waals surface area contributed by atoms with Crippen LogP contribution in [0.5, 0.6) is 0 Å². The maximum atomic E-state index is 6.28. The van der Waals surface area contributed by atoms with Crippen molar-refractivity contribution in [2.45, 2.75) is 25.8 Å². The maximum Gasteiger partial charge on any atom is 0.158 e. The quantitative estimate of drug-likeness (QED) is 0.682. The second-order valence-electron chi connectivity index (χ2n) is 6.32. The molecule has 0 aliphatic carbocycles. The van der Waals surface area contributed by atoms with E-state index in [1.54, 1.807) is 0 Å². The van der Waals surface area contributed by atoms with E-state index >= 15 is 0 Å². The highest BCUT2D eigenvalue weighted by Gasteiger charge is 2.15. The molecule has 124 valence electrons. The number of imidazole rings is 1. The Hall–Kier alpha value is -1.91. The Balaban J connectivity index is 1.54. The summed E-state index contributed by atoms with van der Waals surface area (Å²) in [5, 5.41) is 1.72. The van der Waals surface area contributed by atoms with Crippen molar-refractivity contribution in [3.8, 4) is 11.5 Å². The number of fused-ring (bicyclic) bond motifs is 1. The zero-order valence-electron chi connectivity index (χ0n) is 13.5. The van der Waals surface area contributed by atoms with Crippen LogP contribution in [0.1, 0.15) is 19.3 Å². The second-order valence-corrected chi connectivity index (χ2v) is 6.73. The van der Waals surface area contributed by atoms with E-state index in [0.717, 1.165) is 54.5 Å². The monoisotopic (exact) mass is 341 g/mol. The van der Waals surface area contributed by atoms with E-state index in [0.29, 0.717) is 5.02 Å². The fraction of sp³-hybridized carbons (Fsp3) is 0.368. The summed E-state index contributed by atoms with van der Waals surface area (Å²) in [5.41, 5.74) is 1.69. The molecule has 0 saturated carbocycles. The van der Waals surface area contributed by atoms with E-state index in [4.69, 9.17) is 21.3 Å². The van der Waals surface area contributed by atoms with Crippen LogP contribution in [0.3, 0.4) is 0 Å². The third-order valence-electron chi connectivity index (χ3n) is 4.65. The first-order valence-electron chi connectivity index (χ1n) is 8.46. The number of hydrogen-bond donors (Lipinski definition) is 0. The number of halogens is 1. The zero-order valence-corrected chi connectivity index (χ0v) is 14.2. The van der Waals surface area contributed by atoms with Crippen LogP contribution in [-0.2, 0) is 11.3 Å². The van der Waals surface area contributed by atoms with E-state index in [1.807, 2.05) is 36.7 Å². The molecular weight excluding hydrogens is 322 g/mol. The van der Waals surface area contributed by atoms with Gasteiger partial charge >= 0.3 is 0 Å². The van der Waals surface area contributed by atoms with Gasteiger partial charge in [-0.1, -0.05) is 29.8 Å². The molecule has 0 spiro atoms. The number of aromatic nitrogens is 3. The van der Waals surface area contributed by atoms with Crippen LogP contribution in [0.15, 0.2) is 42.7 Å². The highest BCUT2D eigenvalue weighted by molar-refractivity contribution is 6.35. The highest BCUT2D eigenvalue weighted by Crippen LogP contribution is 2.25. The minimum absolute atomic E-state index is 0.675. The Labute approximate surface area is 146 Å². The predicted octanol–water partition coefficient (Wildman–Crippen LogP) is 4.57. The Kier molecular flexibility index (Phi) is 4.50. The standard InChI is InChI=1S/C19H20ClN3O/c20-16-5-1-4-15-6-7-17(22-18(15)16)19-21-9-11-23(19)10-2-3-14-8-12-24-13-14/h1,4-7,9,11,14H,2-3,8,10,12-13H2. The Bertz CT molecular complexity index is 839. The number of aryl methyl sites for hydroxylation is 1. The SMILES string of the molecule is Clc1cccc2ccc(-c3nccn3CCCC3CCOC3)nc12. The average Bonchev–Trinajstić information content (AvgIpc) is 3.27. The van der Waals surface area contributed by atoms with Gasteiger partial charge < -0.3 is 9.30 Å². The van der Waals surface area contributed by atoms with Gasteiger partial charge in [0.25, 0.3) is 0 Å². The molecule has 1 saturated heterocycles. The van der Waals surface area contributed by atoms with Gasteiger partial charge in [0.2, 0.25) is 0 Å². The second kappa shape index (κ2) is 6.91. The first kappa shape index (κ1) is 15.6. The van der Waals surface area contributed by atoms with Crippen molar-refractivity contribution in [1.29, 1.82) is 0 Å². The summed E-state index contributed by atoms with van der Waals surface area (Å²) < 4.78 is 7.63. The lowest BCUT2D eigenvalue weighted by Gasteiger charge is -2.10. The molecule has 1 fully saturated rings. The van der Waals surface area contributed by atoms with Crippen LogP contribution in [0, 0.1) is 5.92 Å². The van der Waals surface area contributed by atoms with Crippen molar-refractivity contribution in [2.75, 3.05) is 13.2 Å². The van der Waals surface area contributed by atoms with Gasteiger partial charge in [0.15, 0.2) is 5.82 Å². The maximum absolute atomic E-state index is 6.28. The lowest BCUT2D eigenvalue weighted by atomic mass is 10.0. The summed E-state index contributed by atoms with van der Waals surface area (Å²) in [6.45, 7) is 2.79. The summed E-state index contributed by atoms with van der Waals surface area (Å²) in [7, 11) is 0. The first-order chi connectivity index (χ1) is 11.8. The molecule has 0 N–H and O–H groups in total. The summed E-state index contributed by atoms with van der Waals surface area (Å²) in [6.07, 6.45) is 7.40. The molecular formula is C19H20ClN3O. The van der Waals surface area contributed by atoms with Crippen molar-refractivity contribution in [3.05, 3.63) is 47.7 Å². The van der Waals surface area contributed by atoms with E-state index < -0.39 is 0 Å². The normalized spacial score (nSPS) is 17.6. The largest absolute Gasteiger partial charge is 0.381 e. The molecule has 24 heavy (non-hydrogen) atoms. The van der Waals surface area contributed by atoms with Gasteiger partial charge in [-0.05, 0) is 37.3 Å². The van der Waals surface area contributed by atoms with Crippen molar-refractivity contribution >= 4 is 22.5 Å². The van der Waals surface area contributed by atoms with Crippen LogP contribution in [0.2, 0.25) is 5.02 Å². The van der Waals surface area contributed by atoms with Gasteiger partial charge in [0.1, 0.15) is 5.69 Å². The number of ether oxygens (including phenoxy) is 1.